The van der Waals surface area contributed by atoms with Crippen molar-refractivity contribution in [3.63, 3.8) is 0 Å². The summed E-state index contributed by atoms with van der Waals surface area (Å²) in [5.74, 6) is 1.85. The van der Waals surface area contributed by atoms with Crippen molar-refractivity contribution < 1.29 is 4.42 Å². The van der Waals surface area contributed by atoms with E-state index in [1.54, 1.807) is 0 Å². The molecule has 2 rings (SSSR count). The van der Waals surface area contributed by atoms with Gasteiger partial charge in [-0.15, -0.1) is 0 Å². The SMILES string of the molecule is CNC(c1cc(Br)cc(Br)c1)c1ccc(C)o1. The molecule has 0 bridgehead atoms. The molecule has 2 aromatic rings. The highest BCUT2D eigenvalue weighted by Gasteiger charge is 2.16. The highest BCUT2D eigenvalue weighted by molar-refractivity contribution is 9.11. The third-order valence-electron chi connectivity index (χ3n) is 2.55. The Balaban J connectivity index is 2.41. The van der Waals surface area contributed by atoms with Gasteiger partial charge in [0.25, 0.3) is 0 Å². The number of rotatable bonds is 3. The quantitative estimate of drug-likeness (QED) is 0.878. The molecule has 1 heterocycles. The summed E-state index contributed by atoms with van der Waals surface area (Å²) in [4.78, 5) is 0. The van der Waals surface area contributed by atoms with Crippen molar-refractivity contribution in [2.24, 2.45) is 0 Å². The Kier molecular flexibility index (Phi) is 4.07. The Bertz CT molecular complexity index is 502. The molecular formula is C13H13Br2NO. The number of furan rings is 1. The minimum Gasteiger partial charge on any atom is -0.464 e. The van der Waals surface area contributed by atoms with E-state index in [1.165, 1.54) is 0 Å². The van der Waals surface area contributed by atoms with Crippen LogP contribution in [0.15, 0.2) is 43.7 Å². The third-order valence-corrected chi connectivity index (χ3v) is 3.47. The van der Waals surface area contributed by atoms with Crippen LogP contribution in [0.5, 0.6) is 0 Å². The van der Waals surface area contributed by atoms with Crippen LogP contribution in [0.1, 0.15) is 23.1 Å². The average molecular weight is 359 g/mol. The second-order valence-corrected chi connectivity index (χ2v) is 5.70. The van der Waals surface area contributed by atoms with Gasteiger partial charge in [-0.3, -0.25) is 0 Å². The largest absolute Gasteiger partial charge is 0.464 e. The highest BCUT2D eigenvalue weighted by Crippen LogP contribution is 2.28. The second-order valence-electron chi connectivity index (χ2n) is 3.87. The molecule has 1 atom stereocenters. The summed E-state index contributed by atoms with van der Waals surface area (Å²) in [6.07, 6.45) is 0. The van der Waals surface area contributed by atoms with Gasteiger partial charge in [-0.05, 0) is 49.9 Å². The Hall–Kier alpha value is -0.580. The molecule has 0 radical (unpaired) electrons. The molecule has 0 amide bonds. The molecule has 0 saturated heterocycles. The zero-order valence-corrected chi connectivity index (χ0v) is 12.8. The lowest BCUT2D eigenvalue weighted by Gasteiger charge is -2.15. The van der Waals surface area contributed by atoms with Crippen LogP contribution in [0.2, 0.25) is 0 Å². The molecular weight excluding hydrogens is 346 g/mol. The van der Waals surface area contributed by atoms with Gasteiger partial charge in [-0.1, -0.05) is 31.9 Å². The van der Waals surface area contributed by atoms with Crippen LogP contribution >= 0.6 is 31.9 Å². The van der Waals surface area contributed by atoms with E-state index in [2.05, 4.69) is 49.3 Å². The van der Waals surface area contributed by atoms with Crippen LogP contribution in [-0.4, -0.2) is 7.05 Å². The maximum absolute atomic E-state index is 5.68. The number of nitrogens with one attached hydrogen (secondary N) is 1. The maximum Gasteiger partial charge on any atom is 0.125 e. The van der Waals surface area contributed by atoms with Crippen molar-refractivity contribution in [1.82, 2.24) is 5.32 Å². The number of hydrogen-bond acceptors (Lipinski definition) is 2. The van der Waals surface area contributed by atoms with Crippen LogP contribution in [-0.2, 0) is 0 Å². The second kappa shape index (κ2) is 5.38. The summed E-state index contributed by atoms with van der Waals surface area (Å²) in [5.41, 5.74) is 1.16. The molecule has 0 saturated carbocycles. The summed E-state index contributed by atoms with van der Waals surface area (Å²) in [6.45, 7) is 1.95. The van der Waals surface area contributed by atoms with Gasteiger partial charge in [0.15, 0.2) is 0 Å². The van der Waals surface area contributed by atoms with E-state index in [1.807, 2.05) is 32.2 Å². The average Bonchev–Trinajstić information content (AvgIpc) is 2.64. The molecule has 2 nitrogen and oxygen atoms in total. The minimum absolute atomic E-state index is 0.0671. The van der Waals surface area contributed by atoms with Crippen molar-refractivity contribution in [2.45, 2.75) is 13.0 Å². The molecule has 17 heavy (non-hydrogen) atoms. The van der Waals surface area contributed by atoms with Gasteiger partial charge in [-0.2, -0.15) is 0 Å². The molecule has 1 aromatic heterocycles. The van der Waals surface area contributed by atoms with Gasteiger partial charge >= 0.3 is 0 Å². The molecule has 0 fully saturated rings. The van der Waals surface area contributed by atoms with Crippen LogP contribution in [0.3, 0.4) is 0 Å². The van der Waals surface area contributed by atoms with E-state index >= 15 is 0 Å². The Morgan fingerprint density at radius 1 is 1.12 bits per heavy atom. The first-order valence-corrected chi connectivity index (χ1v) is 6.88. The van der Waals surface area contributed by atoms with E-state index in [-0.39, 0.29) is 6.04 Å². The molecule has 1 aromatic carbocycles. The standard InChI is InChI=1S/C13H13Br2NO/c1-8-3-4-12(17-8)13(16-2)9-5-10(14)7-11(15)6-9/h3-7,13,16H,1-2H3. The lowest BCUT2D eigenvalue weighted by Crippen LogP contribution is -2.17. The molecule has 0 aliphatic carbocycles. The molecule has 0 aliphatic rings. The van der Waals surface area contributed by atoms with Crippen molar-refractivity contribution in [3.8, 4) is 0 Å². The lowest BCUT2D eigenvalue weighted by molar-refractivity contribution is 0.444. The fraction of sp³-hybridized carbons (Fsp3) is 0.231. The van der Waals surface area contributed by atoms with E-state index in [0.717, 1.165) is 26.0 Å². The lowest BCUT2D eigenvalue weighted by atomic mass is 10.1. The fourth-order valence-electron chi connectivity index (χ4n) is 1.82. The van der Waals surface area contributed by atoms with E-state index in [0.29, 0.717) is 0 Å². The monoisotopic (exact) mass is 357 g/mol. The van der Waals surface area contributed by atoms with Crippen LogP contribution in [0, 0.1) is 6.92 Å². The summed E-state index contributed by atoms with van der Waals surface area (Å²) < 4.78 is 7.77. The van der Waals surface area contributed by atoms with Gasteiger partial charge in [0.2, 0.25) is 0 Å². The normalized spacial score (nSPS) is 12.7. The predicted molar refractivity (Wildman–Crippen MR) is 76.2 cm³/mol. The molecule has 90 valence electrons. The zero-order chi connectivity index (χ0) is 12.4. The van der Waals surface area contributed by atoms with Gasteiger partial charge < -0.3 is 9.73 Å². The van der Waals surface area contributed by atoms with Gasteiger partial charge in [0.05, 0.1) is 6.04 Å². The van der Waals surface area contributed by atoms with Crippen molar-refractivity contribution in [2.75, 3.05) is 7.05 Å². The summed E-state index contributed by atoms with van der Waals surface area (Å²) >= 11 is 7.00. The summed E-state index contributed by atoms with van der Waals surface area (Å²) in [5, 5.41) is 3.27. The van der Waals surface area contributed by atoms with Crippen molar-refractivity contribution >= 4 is 31.9 Å². The Morgan fingerprint density at radius 2 is 1.76 bits per heavy atom. The van der Waals surface area contributed by atoms with E-state index in [9.17, 15) is 0 Å². The van der Waals surface area contributed by atoms with E-state index < -0.39 is 0 Å². The molecule has 1 unspecified atom stereocenters. The predicted octanol–water partition coefficient (Wildman–Crippen LogP) is 4.42. The molecule has 4 heteroatoms. The van der Waals surface area contributed by atoms with Gasteiger partial charge in [0, 0.05) is 8.95 Å². The van der Waals surface area contributed by atoms with Gasteiger partial charge in [-0.25, -0.2) is 0 Å². The zero-order valence-electron chi connectivity index (χ0n) is 9.63. The summed E-state index contributed by atoms with van der Waals surface area (Å²) in [7, 11) is 1.93. The van der Waals surface area contributed by atoms with Crippen molar-refractivity contribution in [3.05, 3.63) is 56.4 Å². The number of benzene rings is 1. The summed E-state index contributed by atoms with van der Waals surface area (Å²) in [6, 6.07) is 10.2. The molecule has 0 aliphatic heterocycles. The first kappa shape index (κ1) is 12.9. The van der Waals surface area contributed by atoms with Gasteiger partial charge in [0.1, 0.15) is 11.5 Å². The number of aryl methyl sites for hydroxylation is 1. The number of hydrogen-bond donors (Lipinski definition) is 1. The topological polar surface area (TPSA) is 25.2 Å². The van der Waals surface area contributed by atoms with Crippen LogP contribution < -0.4 is 5.32 Å². The Labute approximate surface area is 118 Å². The maximum atomic E-state index is 5.68. The minimum atomic E-state index is 0.0671. The molecule has 0 spiro atoms. The smallest absolute Gasteiger partial charge is 0.125 e. The first-order chi connectivity index (χ1) is 8.10. The highest BCUT2D eigenvalue weighted by atomic mass is 79.9. The fourth-order valence-corrected chi connectivity index (χ4v) is 3.15. The van der Waals surface area contributed by atoms with E-state index in [4.69, 9.17) is 4.42 Å². The van der Waals surface area contributed by atoms with Crippen molar-refractivity contribution in [1.29, 1.82) is 0 Å². The first-order valence-electron chi connectivity index (χ1n) is 5.29. The third kappa shape index (κ3) is 3.00. The Morgan fingerprint density at radius 3 is 2.24 bits per heavy atom. The van der Waals surface area contributed by atoms with Crippen LogP contribution in [0.4, 0.5) is 0 Å². The number of halogens is 2. The van der Waals surface area contributed by atoms with Crippen LogP contribution in [0.25, 0.3) is 0 Å². The molecule has 1 N–H and O–H groups in total.